The van der Waals surface area contributed by atoms with Gasteiger partial charge in [0.25, 0.3) is 0 Å². The van der Waals surface area contributed by atoms with Crippen LogP contribution in [0.5, 0.6) is 0 Å². The first-order valence-corrected chi connectivity index (χ1v) is 6.70. The Labute approximate surface area is 115 Å². The second kappa shape index (κ2) is 5.83. The molecule has 0 amide bonds. The highest BCUT2D eigenvalue weighted by atomic mass is 79.9. The number of methoxy groups -OCH3 is 1. The summed E-state index contributed by atoms with van der Waals surface area (Å²) in [6.07, 6.45) is 0. The normalized spacial score (nSPS) is 10.1. The number of esters is 1. The molecule has 0 saturated heterocycles. The first-order chi connectivity index (χ1) is 8.74. The fourth-order valence-electron chi connectivity index (χ4n) is 1.78. The Bertz CT molecular complexity index is 564. The van der Waals surface area contributed by atoms with Crippen LogP contribution in [0, 0.1) is 0 Å². The standard InChI is InChI=1S/C15H13BrO2/c1-18-15(17)14-7-3-6-13(9-14)12-5-2-4-11(8-12)10-16/h2-9H,10H2,1H3. The summed E-state index contributed by atoms with van der Waals surface area (Å²) in [6, 6.07) is 15.7. The number of ether oxygens (including phenoxy) is 1. The molecule has 0 aliphatic carbocycles. The van der Waals surface area contributed by atoms with Gasteiger partial charge in [0, 0.05) is 5.33 Å². The molecule has 92 valence electrons. The molecule has 0 aromatic heterocycles. The fourth-order valence-corrected chi connectivity index (χ4v) is 2.13. The maximum atomic E-state index is 11.5. The molecule has 0 bridgehead atoms. The summed E-state index contributed by atoms with van der Waals surface area (Å²) in [5, 5.41) is 0.817. The van der Waals surface area contributed by atoms with Crippen molar-refractivity contribution in [1.29, 1.82) is 0 Å². The molecule has 0 N–H and O–H groups in total. The molecule has 0 fully saturated rings. The minimum absolute atomic E-state index is 0.312. The molecule has 2 aromatic rings. The number of hydrogen-bond donors (Lipinski definition) is 0. The average molecular weight is 305 g/mol. The fraction of sp³-hybridized carbons (Fsp3) is 0.133. The van der Waals surface area contributed by atoms with E-state index < -0.39 is 0 Å². The van der Waals surface area contributed by atoms with Crippen LogP contribution in [0.4, 0.5) is 0 Å². The Morgan fingerprint density at radius 3 is 2.44 bits per heavy atom. The molecule has 0 saturated carbocycles. The van der Waals surface area contributed by atoms with Crippen LogP contribution < -0.4 is 0 Å². The number of halogens is 1. The van der Waals surface area contributed by atoms with Crippen LogP contribution in [0.25, 0.3) is 11.1 Å². The van der Waals surface area contributed by atoms with Crippen molar-refractivity contribution in [2.24, 2.45) is 0 Å². The SMILES string of the molecule is COC(=O)c1cccc(-c2cccc(CBr)c2)c1. The Hall–Kier alpha value is -1.61. The molecule has 0 spiro atoms. The molecule has 0 aliphatic rings. The summed E-state index contributed by atoms with van der Waals surface area (Å²) in [4.78, 5) is 11.5. The van der Waals surface area contributed by atoms with E-state index in [1.165, 1.54) is 12.7 Å². The van der Waals surface area contributed by atoms with Crippen LogP contribution in [0.3, 0.4) is 0 Å². The lowest BCUT2D eigenvalue weighted by Gasteiger charge is -2.05. The van der Waals surface area contributed by atoms with Crippen LogP contribution in [-0.2, 0) is 10.1 Å². The number of carbonyl (C=O) groups excluding carboxylic acids is 1. The lowest BCUT2D eigenvalue weighted by Crippen LogP contribution is -2.00. The molecule has 0 heterocycles. The lowest BCUT2D eigenvalue weighted by molar-refractivity contribution is 0.0601. The smallest absolute Gasteiger partial charge is 0.337 e. The van der Waals surface area contributed by atoms with E-state index >= 15 is 0 Å². The summed E-state index contributed by atoms with van der Waals surface area (Å²) in [5.74, 6) is -0.312. The summed E-state index contributed by atoms with van der Waals surface area (Å²) in [7, 11) is 1.39. The first kappa shape index (κ1) is 12.8. The zero-order valence-electron chi connectivity index (χ0n) is 10.0. The van der Waals surface area contributed by atoms with E-state index in [2.05, 4.69) is 28.1 Å². The van der Waals surface area contributed by atoms with Crippen LogP contribution in [0.1, 0.15) is 15.9 Å². The third kappa shape index (κ3) is 2.79. The number of carbonyl (C=O) groups is 1. The van der Waals surface area contributed by atoms with Crippen molar-refractivity contribution in [3.05, 3.63) is 59.7 Å². The second-order valence-electron chi connectivity index (χ2n) is 3.91. The van der Waals surface area contributed by atoms with Crippen LogP contribution in [-0.4, -0.2) is 13.1 Å². The molecule has 3 heteroatoms. The van der Waals surface area contributed by atoms with Gasteiger partial charge in [0.2, 0.25) is 0 Å². The molecule has 0 atom stereocenters. The van der Waals surface area contributed by atoms with Gasteiger partial charge >= 0.3 is 5.97 Å². The van der Waals surface area contributed by atoms with E-state index in [4.69, 9.17) is 4.74 Å². The van der Waals surface area contributed by atoms with E-state index in [0.29, 0.717) is 5.56 Å². The monoisotopic (exact) mass is 304 g/mol. The predicted molar refractivity (Wildman–Crippen MR) is 75.8 cm³/mol. The molecule has 0 radical (unpaired) electrons. The molecule has 2 rings (SSSR count). The van der Waals surface area contributed by atoms with Gasteiger partial charge < -0.3 is 4.74 Å². The highest BCUT2D eigenvalue weighted by Crippen LogP contribution is 2.22. The minimum Gasteiger partial charge on any atom is -0.465 e. The van der Waals surface area contributed by atoms with E-state index in [9.17, 15) is 4.79 Å². The Morgan fingerprint density at radius 2 is 1.78 bits per heavy atom. The molecule has 2 nitrogen and oxygen atoms in total. The largest absolute Gasteiger partial charge is 0.465 e. The minimum atomic E-state index is -0.312. The maximum absolute atomic E-state index is 11.5. The second-order valence-corrected chi connectivity index (χ2v) is 4.47. The van der Waals surface area contributed by atoms with Gasteiger partial charge in [0.15, 0.2) is 0 Å². The van der Waals surface area contributed by atoms with E-state index in [0.717, 1.165) is 16.5 Å². The number of alkyl halides is 1. The maximum Gasteiger partial charge on any atom is 0.337 e. The van der Waals surface area contributed by atoms with Gasteiger partial charge in [-0.2, -0.15) is 0 Å². The third-order valence-corrected chi connectivity index (χ3v) is 3.35. The molecular weight excluding hydrogens is 292 g/mol. The van der Waals surface area contributed by atoms with Gasteiger partial charge in [-0.25, -0.2) is 4.79 Å². The molecule has 2 aromatic carbocycles. The first-order valence-electron chi connectivity index (χ1n) is 5.58. The van der Waals surface area contributed by atoms with Gasteiger partial charge in [-0.1, -0.05) is 52.3 Å². The van der Waals surface area contributed by atoms with Gasteiger partial charge in [0.1, 0.15) is 0 Å². The lowest BCUT2D eigenvalue weighted by atomic mass is 10.0. The summed E-state index contributed by atoms with van der Waals surface area (Å²) in [5.41, 5.74) is 3.88. The third-order valence-electron chi connectivity index (χ3n) is 2.70. The van der Waals surface area contributed by atoms with Crippen molar-refractivity contribution in [2.75, 3.05) is 7.11 Å². The van der Waals surface area contributed by atoms with E-state index in [1.807, 2.05) is 30.3 Å². The van der Waals surface area contributed by atoms with Crippen molar-refractivity contribution in [3.63, 3.8) is 0 Å². The molecular formula is C15H13BrO2. The van der Waals surface area contributed by atoms with Crippen LogP contribution in [0.15, 0.2) is 48.5 Å². The Morgan fingerprint density at radius 1 is 1.11 bits per heavy atom. The van der Waals surface area contributed by atoms with E-state index in [1.54, 1.807) is 6.07 Å². The van der Waals surface area contributed by atoms with E-state index in [-0.39, 0.29) is 5.97 Å². The van der Waals surface area contributed by atoms with Crippen molar-refractivity contribution < 1.29 is 9.53 Å². The highest BCUT2D eigenvalue weighted by molar-refractivity contribution is 9.08. The van der Waals surface area contributed by atoms with Crippen LogP contribution in [0.2, 0.25) is 0 Å². The Balaban J connectivity index is 2.41. The predicted octanol–water partition coefficient (Wildman–Crippen LogP) is 4.04. The summed E-state index contributed by atoms with van der Waals surface area (Å²) >= 11 is 3.44. The molecule has 0 aliphatic heterocycles. The zero-order valence-corrected chi connectivity index (χ0v) is 11.6. The number of hydrogen-bond acceptors (Lipinski definition) is 2. The molecule has 0 unspecified atom stereocenters. The van der Waals surface area contributed by atoms with Gasteiger partial charge in [-0.05, 0) is 28.8 Å². The van der Waals surface area contributed by atoms with Crippen molar-refractivity contribution in [3.8, 4) is 11.1 Å². The number of benzene rings is 2. The Kier molecular flexibility index (Phi) is 4.15. The summed E-state index contributed by atoms with van der Waals surface area (Å²) < 4.78 is 4.73. The topological polar surface area (TPSA) is 26.3 Å². The van der Waals surface area contributed by atoms with Gasteiger partial charge in [-0.3, -0.25) is 0 Å². The van der Waals surface area contributed by atoms with Gasteiger partial charge in [0.05, 0.1) is 12.7 Å². The highest BCUT2D eigenvalue weighted by Gasteiger charge is 2.06. The zero-order chi connectivity index (χ0) is 13.0. The van der Waals surface area contributed by atoms with Crippen molar-refractivity contribution in [2.45, 2.75) is 5.33 Å². The average Bonchev–Trinajstić information content (AvgIpc) is 2.46. The van der Waals surface area contributed by atoms with Crippen molar-refractivity contribution >= 4 is 21.9 Å². The van der Waals surface area contributed by atoms with Crippen LogP contribution >= 0.6 is 15.9 Å². The van der Waals surface area contributed by atoms with Crippen molar-refractivity contribution in [1.82, 2.24) is 0 Å². The summed E-state index contributed by atoms with van der Waals surface area (Å²) in [6.45, 7) is 0. The quantitative estimate of drug-likeness (QED) is 0.632. The van der Waals surface area contributed by atoms with Gasteiger partial charge in [-0.15, -0.1) is 0 Å². The number of rotatable bonds is 3. The molecule has 18 heavy (non-hydrogen) atoms.